The third kappa shape index (κ3) is 3.27. The molecule has 1 fully saturated rings. The lowest BCUT2D eigenvalue weighted by Gasteiger charge is -2.29. The molecule has 0 bridgehead atoms. The van der Waals surface area contributed by atoms with E-state index in [-0.39, 0.29) is 11.6 Å². The first-order valence-corrected chi connectivity index (χ1v) is 7.89. The van der Waals surface area contributed by atoms with Gasteiger partial charge in [0.15, 0.2) is 0 Å². The summed E-state index contributed by atoms with van der Waals surface area (Å²) >= 11 is 0. The topological polar surface area (TPSA) is 64.7 Å². The summed E-state index contributed by atoms with van der Waals surface area (Å²) in [6.45, 7) is 2.72. The van der Waals surface area contributed by atoms with Gasteiger partial charge in [0.05, 0.1) is 18.3 Å². The third-order valence-corrected chi connectivity index (χ3v) is 4.47. The first kappa shape index (κ1) is 15.0. The number of imidazole rings is 1. The summed E-state index contributed by atoms with van der Waals surface area (Å²) in [4.78, 5) is 16.3. The van der Waals surface area contributed by atoms with Crippen molar-refractivity contribution in [3.63, 3.8) is 0 Å². The molecule has 0 aliphatic heterocycles. The largest absolute Gasteiger partial charge is 0.337 e. The van der Waals surface area contributed by atoms with Gasteiger partial charge in [0.1, 0.15) is 5.82 Å². The lowest BCUT2D eigenvalue weighted by Crippen LogP contribution is -2.36. The van der Waals surface area contributed by atoms with Crippen LogP contribution in [0.15, 0.2) is 29.3 Å². The minimum atomic E-state index is 0.00928. The Hall–Kier alpha value is -1.95. The highest BCUT2D eigenvalue weighted by molar-refractivity contribution is 4.98. The number of aromatic nitrogens is 4. The van der Waals surface area contributed by atoms with Crippen molar-refractivity contribution in [2.45, 2.75) is 51.2 Å². The van der Waals surface area contributed by atoms with Gasteiger partial charge in [0.2, 0.25) is 0 Å². The van der Waals surface area contributed by atoms with E-state index in [0.717, 1.165) is 43.7 Å². The van der Waals surface area contributed by atoms with E-state index < -0.39 is 0 Å². The van der Waals surface area contributed by atoms with Crippen molar-refractivity contribution < 1.29 is 0 Å². The number of nitrogens with zero attached hydrogens (tertiary/aromatic N) is 4. The highest BCUT2D eigenvalue weighted by Crippen LogP contribution is 2.27. The molecule has 22 heavy (non-hydrogen) atoms. The van der Waals surface area contributed by atoms with E-state index in [9.17, 15) is 4.79 Å². The molecule has 1 aliphatic rings. The Balaban J connectivity index is 1.55. The fourth-order valence-electron chi connectivity index (χ4n) is 3.11. The second-order valence-corrected chi connectivity index (χ2v) is 6.10. The maximum atomic E-state index is 11.9. The van der Waals surface area contributed by atoms with Gasteiger partial charge in [-0.2, -0.15) is 5.10 Å². The van der Waals surface area contributed by atoms with Crippen molar-refractivity contribution in [2.24, 2.45) is 7.05 Å². The van der Waals surface area contributed by atoms with Crippen LogP contribution in [0.3, 0.4) is 0 Å². The van der Waals surface area contributed by atoms with Crippen LogP contribution >= 0.6 is 0 Å². The van der Waals surface area contributed by atoms with Crippen LogP contribution in [-0.2, 0) is 13.6 Å². The maximum Gasteiger partial charge on any atom is 0.267 e. The predicted octanol–water partition coefficient (Wildman–Crippen LogP) is 1.56. The van der Waals surface area contributed by atoms with E-state index in [1.165, 1.54) is 0 Å². The van der Waals surface area contributed by atoms with Crippen LogP contribution in [-0.4, -0.2) is 25.4 Å². The van der Waals surface area contributed by atoms with Gasteiger partial charge in [0.25, 0.3) is 5.56 Å². The van der Waals surface area contributed by atoms with Crippen molar-refractivity contribution >= 4 is 0 Å². The first-order chi connectivity index (χ1) is 10.6. The second-order valence-electron chi connectivity index (χ2n) is 6.10. The Kier molecular flexibility index (Phi) is 4.38. The molecule has 6 nitrogen and oxygen atoms in total. The summed E-state index contributed by atoms with van der Waals surface area (Å²) in [6, 6.07) is 4.12. The monoisotopic (exact) mass is 301 g/mol. The van der Waals surface area contributed by atoms with E-state index in [1.807, 2.05) is 30.9 Å². The van der Waals surface area contributed by atoms with Crippen LogP contribution in [0, 0.1) is 6.92 Å². The average molecular weight is 301 g/mol. The third-order valence-electron chi connectivity index (χ3n) is 4.47. The highest BCUT2D eigenvalue weighted by atomic mass is 16.1. The van der Waals surface area contributed by atoms with Crippen molar-refractivity contribution in [3.05, 3.63) is 46.4 Å². The van der Waals surface area contributed by atoms with Crippen LogP contribution in [0.1, 0.15) is 43.2 Å². The molecule has 0 unspecified atom stereocenters. The zero-order chi connectivity index (χ0) is 15.5. The lowest BCUT2D eigenvalue weighted by atomic mass is 9.91. The standard InChI is InChI=1S/C16H23N5O/c1-12-3-8-16(22)21(19-12)14-6-4-13(5-7-14)18-11-15-17-9-10-20(15)2/h3,8-10,13-14,18H,4-7,11H2,1-2H3. The summed E-state index contributed by atoms with van der Waals surface area (Å²) < 4.78 is 3.71. The van der Waals surface area contributed by atoms with E-state index >= 15 is 0 Å². The Bertz CT molecular complexity index is 682. The molecule has 118 valence electrons. The van der Waals surface area contributed by atoms with E-state index in [4.69, 9.17) is 0 Å². The SMILES string of the molecule is Cc1ccc(=O)n(C2CCC(NCc3nccn3C)CC2)n1. The van der Waals surface area contributed by atoms with Gasteiger partial charge < -0.3 is 9.88 Å². The Morgan fingerprint density at radius 3 is 2.73 bits per heavy atom. The molecule has 0 spiro atoms. The van der Waals surface area contributed by atoms with Crippen LogP contribution in [0.25, 0.3) is 0 Å². The zero-order valence-electron chi connectivity index (χ0n) is 13.2. The van der Waals surface area contributed by atoms with Gasteiger partial charge in [-0.1, -0.05) is 0 Å². The lowest BCUT2D eigenvalue weighted by molar-refractivity contribution is 0.266. The number of hydrogen-bond donors (Lipinski definition) is 1. The fourth-order valence-corrected chi connectivity index (χ4v) is 3.11. The normalized spacial score (nSPS) is 21.9. The molecular weight excluding hydrogens is 278 g/mol. The maximum absolute atomic E-state index is 11.9. The molecule has 0 atom stereocenters. The van der Waals surface area contributed by atoms with Crippen LogP contribution in [0.4, 0.5) is 0 Å². The number of hydrogen-bond acceptors (Lipinski definition) is 4. The van der Waals surface area contributed by atoms with Crippen LogP contribution in [0.2, 0.25) is 0 Å². The first-order valence-electron chi connectivity index (χ1n) is 7.89. The van der Waals surface area contributed by atoms with Crippen molar-refractivity contribution in [2.75, 3.05) is 0 Å². The molecule has 0 aromatic carbocycles. The molecule has 2 aromatic heterocycles. The van der Waals surface area contributed by atoms with Gasteiger partial charge >= 0.3 is 0 Å². The Morgan fingerprint density at radius 2 is 2.05 bits per heavy atom. The number of nitrogens with one attached hydrogen (secondary N) is 1. The minimum Gasteiger partial charge on any atom is -0.337 e. The Labute approximate surface area is 130 Å². The molecular formula is C16H23N5O. The molecule has 1 aliphatic carbocycles. The molecule has 2 aromatic rings. The fraction of sp³-hybridized carbons (Fsp3) is 0.562. The Morgan fingerprint density at radius 1 is 1.27 bits per heavy atom. The minimum absolute atomic E-state index is 0.00928. The van der Waals surface area contributed by atoms with E-state index in [0.29, 0.717) is 6.04 Å². The molecule has 1 saturated carbocycles. The summed E-state index contributed by atoms with van der Waals surface area (Å²) in [6.07, 6.45) is 7.91. The molecule has 0 amide bonds. The quantitative estimate of drug-likeness (QED) is 0.931. The molecule has 0 radical (unpaired) electrons. The van der Waals surface area contributed by atoms with Gasteiger partial charge in [-0.15, -0.1) is 0 Å². The predicted molar refractivity (Wildman–Crippen MR) is 84.6 cm³/mol. The molecule has 0 saturated heterocycles. The van der Waals surface area contributed by atoms with Crippen LogP contribution < -0.4 is 10.9 Å². The van der Waals surface area contributed by atoms with Crippen molar-refractivity contribution in [3.8, 4) is 0 Å². The van der Waals surface area contributed by atoms with Gasteiger partial charge in [0, 0.05) is 31.5 Å². The molecule has 2 heterocycles. The van der Waals surface area contributed by atoms with Crippen molar-refractivity contribution in [1.29, 1.82) is 0 Å². The summed E-state index contributed by atoms with van der Waals surface area (Å²) in [5.74, 6) is 1.05. The van der Waals surface area contributed by atoms with Crippen LogP contribution in [0.5, 0.6) is 0 Å². The molecule has 1 N–H and O–H groups in total. The number of aryl methyl sites for hydroxylation is 2. The number of rotatable bonds is 4. The molecule has 6 heteroatoms. The summed E-state index contributed by atoms with van der Waals surface area (Å²) in [5.41, 5.74) is 0.907. The summed E-state index contributed by atoms with van der Waals surface area (Å²) in [7, 11) is 2.01. The van der Waals surface area contributed by atoms with E-state index in [2.05, 4.69) is 15.4 Å². The molecule has 3 rings (SSSR count). The van der Waals surface area contributed by atoms with Gasteiger partial charge in [-0.25, -0.2) is 9.67 Å². The van der Waals surface area contributed by atoms with Crippen molar-refractivity contribution in [1.82, 2.24) is 24.6 Å². The highest BCUT2D eigenvalue weighted by Gasteiger charge is 2.23. The van der Waals surface area contributed by atoms with Gasteiger partial charge in [-0.3, -0.25) is 4.79 Å². The smallest absolute Gasteiger partial charge is 0.267 e. The average Bonchev–Trinajstić information content (AvgIpc) is 2.93. The second kappa shape index (κ2) is 6.44. The summed E-state index contributed by atoms with van der Waals surface area (Å²) in [5, 5.41) is 7.96. The zero-order valence-corrected chi connectivity index (χ0v) is 13.2. The van der Waals surface area contributed by atoms with E-state index in [1.54, 1.807) is 16.8 Å². The van der Waals surface area contributed by atoms with Gasteiger partial charge in [-0.05, 0) is 38.7 Å².